The number of pyridine rings is 2. The van der Waals surface area contributed by atoms with Gasteiger partial charge in [-0.15, -0.1) is 0 Å². The Balaban J connectivity index is 1.73. The fraction of sp³-hybridized carbons (Fsp3) is 0.200. The zero-order valence-corrected chi connectivity index (χ0v) is 21.8. The molecular weight excluding hydrogens is 571 g/mol. The maximum absolute atomic E-state index is 13.8. The molecule has 0 aliphatic rings. The van der Waals surface area contributed by atoms with Crippen LogP contribution in [0.2, 0.25) is 5.02 Å². The molecule has 12 nitrogen and oxygen atoms in total. The van der Waals surface area contributed by atoms with Gasteiger partial charge in [0.15, 0.2) is 5.65 Å². The van der Waals surface area contributed by atoms with Gasteiger partial charge < -0.3 is 24.6 Å². The lowest BCUT2D eigenvalue weighted by molar-refractivity contribution is -0.138. The maximum atomic E-state index is 13.8. The number of fused-ring (bicyclic) bond motifs is 1. The molecule has 0 aliphatic heterocycles. The minimum absolute atomic E-state index is 0.00470. The van der Waals surface area contributed by atoms with Crippen LogP contribution in [0.1, 0.15) is 16.8 Å². The maximum Gasteiger partial charge on any atom is 0.420 e. The van der Waals surface area contributed by atoms with E-state index in [9.17, 15) is 27.6 Å². The first-order chi connectivity index (χ1) is 19.4. The molecule has 41 heavy (non-hydrogen) atoms. The summed E-state index contributed by atoms with van der Waals surface area (Å²) in [5.41, 5.74) is -2.24. The number of nitrogens with zero attached hydrogens (tertiary/aromatic N) is 6. The van der Waals surface area contributed by atoms with E-state index in [2.05, 4.69) is 15.4 Å². The minimum atomic E-state index is -4.95. The fourth-order valence-electron chi connectivity index (χ4n) is 3.82. The van der Waals surface area contributed by atoms with Crippen LogP contribution in [-0.2, 0) is 12.7 Å². The molecule has 2 N–H and O–H groups in total. The Labute approximate surface area is 233 Å². The van der Waals surface area contributed by atoms with Gasteiger partial charge in [0.2, 0.25) is 5.75 Å². The van der Waals surface area contributed by atoms with Crippen molar-refractivity contribution in [3.05, 3.63) is 81.0 Å². The Morgan fingerprint density at radius 2 is 2.02 bits per heavy atom. The number of hydrogen-bond acceptors (Lipinski definition) is 7. The number of rotatable bonds is 7. The summed E-state index contributed by atoms with van der Waals surface area (Å²) in [6.07, 6.45) is -3.89. The first kappa shape index (κ1) is 28.9. The molecule has 0 saturated carbocycles. The van der Waals surface area contributed by atoms with Crippen LogP contribution in [0.3, 0.4) is 0 Å². The zero-order chi connectivity index (χ0) is 29.9. The van der Waals surface area contributed by atoms with Crippen LogP contribution in [0.5, 0.6) is 11.5 Å². The van der Waals surface area contributed by atoms with Gasteiger partial charge in [-0.25, -0.2) is 14.6 Å². The quantitative estimate of drug-likeness (QED) is 0.326. The number of ether oxygens (including phenoxy) is 1. The molecule has 2 amide bonds. The van der Waals surface area contributed by atoms with E-state index in [0.717, 1.165) is 27.6 Å². The highest BCUT2D eigenvalue weighted by atomic mass is 35.5. The molecule has 0 aliphatic carbocycles. The predicted molar refractivity (Wildman–Crippen MR) is 138 cm³/mol. The Bertz CT molecular complexity index is 1750. The number of likely N-dealkylation sites (N-methyl/N-ethyl adjacent to an activating group) is 1. The van der Waals surface area contributed by atoms with Gasteiger partial charge >= 0.3 is 18.3 Å². The summed E-state index contributed by atoms with van der Waals surface area (Å²) in [6.45, 7) is -0.410. The van der Waals surface area contributed by atoms with E-state index >= 15 is 0 Å². The lowest BCUT2D eigenvalue weighted by Crippen LogP contribution is -2.38. The number of carboxylic acid groups (broad SMARTS) is 1. The summed E-state index contributed by atoms with van der Waals surface area (Å²) in [6, 6.07) is 8.51. The van der Waals surface area contributed by atoms with Crippen molar-refractivity contribution in [3.8, 4) is 17.6 Å². The summed E-state index contributed by atoms with van der Waals surface area (Å²) in [4.78, 5) is 42.4. The third kappa shape index (κ3) is 6.39. The number of benzene rings is 1. The van der Waals surface area contributed by atoms with Crippen LogP contribution in [0.4, 0.5) is 22.8 Å². The van der Waals surface area contributed by atoms with Crippen molar-refractivity contribution >= 4 is 34.8 Å². The molecule has 1 aromatic carbocycles. The first-order valence-corrected chi connectivity index (χ1v) is 12.0. The number of carbonyl (C=O) groups excluding carboxylic acids is 1. The Morgan fingerprint density at radius 1 is 1.27 bits per heavy atom. The summed E-state index contributed by atoms with van der Waals surface area (Å²) >= 11 is 5.94. The lowest BCUT2D eigenvalue weighted by Gasteiger charge is -2.16. The van der Waals surface area contributed by atoms with Crippen molar-refractivity contribution in [3.63, 3.8) is 0 Å². The van der Waals surface area contributed by atoms with Crippen LogP contribution >= 0.6 is 11.6 Å². The monoisotopic (exact) mass is 589 g/mol. The smallest absolute Gasteiger partial charge is 0.420 e. The Kier molecular flexibility index (Phi) is 8.15. The first-order valence-electron chi connectivity index (χ1n) is 11.6. The molecule has 0 unspecified atom stereocenters. The van der Waals surface area contributed by atoms with E-state index < -0.39 is 35.2 Å². The molecule has 0 spiro atoms. The number of nitriles is 1. The van der Waals surface area contributed by atoms with Gasteiger partial charge in [0.25, 0.3) is 5.56 Å². The standard InChI is InChI=1S/C25H19ClF3N7O5/c1-34(8-6-32-23(38)39)24(40)36-21-17(3-2-5-31-21)19(33-36)13-35-7-4-18(25(27,28)29)20(22(35)37)41-16-10-14(12-30)9-15(26)11-16/h2-5,7,9-11,32H,6,8,13H2,1H3,(H,38,39). The van der Waals surface area contributed by atoms with Gasteiger partial charge in [-0.2, -0.15) is 28.2 Å². The van der Waals surface area contributed by atoms with E-state index in [0.29, 0.717) is 11.5 Å². The number of hydrogen-bond donors (Lipinski definition) is 2. The van der Waals surface area contributed by atoms with Crippen LogP contribution in [0, 0.1) is 11.3 Å². The molecule has 0 atom stereocenters. The Hall–Kier alpha value is -5.10. The van der Waals surface area contributed by atoms with Crippen molar-refractivity contribution in [2.75, 3.05) is 20.1 Å². The van der Waals surface area contributed by atoms with Gasteiger partial charge in [-0.3, -0.25) is 4.79 Å². The number of nitrogens with one attached hydrogen (secondary N) is 1. The van der Waals surface area contributed by atoms with Gasteiger partial charge in [0.05, 0.1) is 23.9 Å². The van der Waals surface area contributed by atoms with Crippen molar-refractivity contribution < 1.29 is 32.6 Å². The van der Waals surface area contributed by atoms with Crippen molar-refractivity contribution in [1.82, 2.24) is 29.5 Å². The van der Waals surface area contributed by atoms with E-state index in [1.54, 1.807) is 18.2 Å². The number of amides is 2. The largest absolute Gasteiger partial charge is 0.465 e. The number of carbonyl (C=O) groups is 2. The number of alkyl halides is 3. The van der Waals surface area contributed by atoms with E-state index in [1.807, 2.05) is 0 Å². The van der Waals surface area contributed by atoms with Crippen LogP contribution in [0.25, 0.3) is 11.0 Å². The third-order valence-electron chi connectivity index (χ3n) is 5.72. The normalized spacial score (nSPS) is 11.2. The lowest BCUT2D eigenvalue weighted by atomic mass is 10.2. The van der Waals surface area contributed by atoms with Gasteiger partial charge in [-0.1, -0.05) is 11.6 Å². The molecule has 4 aromatic rings. The van der Waals surface area contributed by atoms with E-state index in [-0.39, 0.29) is 47.3 Å². The third-order valence-corrected chi connectivity index (χ3v) is 5.94. The fourth-order valence-corrected chi connectivity index (χ4v) is 4.04. The molecule has 3 heterocycles. The van der Waals surface area contributed by atoms with Crippen molar-refractivity contribution in [1.29, 1.82) is 5.26 Å². The molecule has 16 heteroatoms. The molecule has 4 rings (SSSR count). The van der Waals surface area contributed by atoms with Crippen LogP contribution in [-0.4, -0.2) is 61.6 Å². The van der Waals surface area contributed by atoms with E-state index in [1.165, 1.54) is 24.2 Å². The highest BCUT2D eigenvalue weighted by Gasteiger charge is 2.37. The summed E-state index contributed by atoms with van der Waals surface area (Å²) in [7, 11) is 1.42. The van der Waals surface area contributed by atoms with Gasteiger partial charge in [0.1, 0.15) is 11.3 Å². The Morgan fingerprint density at radius 3 is 2.71 bits per heavy atom. The number of aromatic nitrogens is 4. The number of halogens is 4. The average Bonchev–Trinajstić information content (AvgIpc) is 3.27. The SMILES string of the molecule is CN(CCNC(=O)O)C(=O)n1nc(Cn2ccc(C(F)(F)F)c(Oc3cc(Cl)cc(C#N)c3)c2=O)c2cccnc21. The molecule has 0 fully saturated rings. The summed E-state index contributed by atoms with van der Waals surface area (Å²) < 4.78 is 48.7. The predicted octanol–water partition coefficient (Wildman–Crippen LogP) is 4.14. The van der Waals surface area contributed by atoms with E-state index in [4.69, 9.17) is 26.7 Å². The van der Waals surface area contributed by atoms with Gasteiger partial charge in [0, 0.05) is 42.9 Å². The van der Waals surface area contributed by atoms with Crippen LogP contribution < -0.4 is 15.6 Å². The second-order valence-electron chi connectivity index (χ2n) is 8.55. The van der Waals surface area contributed by atoms with Gasteiger partial charge in [-0.05, 0) is 36.4 Å². The molecular formula is C25H19ClF3N7O5. The highest BCUT2D eigenvalue weighted by molar-refractivity contribution is 6.30. The molecule has 0 radical (unpaired) electrons. The summed E-state index contributed by atoms with van der Waals surface area (Å²) in [5, 5.41) is 24.6. The average molecular weight is 590 g/mol. The second kappa shape index (κ2) is 11.6. The molecule has 0 bridgehead atoms. The van der Waals surface area contributed by atoms with Crippen LogP contribution in [0.15, 0.2) is 53.6 Å². The summed E-state index contributed by atoms with van der Waals surface area (Å²) in [5.74, 6) is -1.30. The van der Waals surface area contributed by atoms with Crippen molar-refractivity contribution in [2.24, 2.45) is 0 Å². The second-order valence-corrected chi connectivity index (χ2v) is 8.98. The zero-order valence-electron chi connectivity index (χ0n) is 21.0. The molecule has 212 valence electrons. The minimum Gasteiger partial charge on any atom is -0.465 e. The molecule has 0 saturated heterocycles. The topological polar surface area (TPSA) is 155 Å². The van der Waals surface area contributed by atoms with Crippen molar-refractivity contribution in [2.45, 2.75) is 12.7 Å². The molecule has 3 aromatic heterocycles. The highest BCUT2D eigenvalue weighted by Crippen LogP contribution is 2.36.